The van der Waals surface area contributed by atoms with E-state index in [1.807, 2.05) is 187 Å². The number of hydrogen-bond donors (Lipinski definition) is 7. The molecule has 20 heteroatoms. The zero-order chi connectivity index (χ0) is 53.6. The molecule has 0 amide bonds. The Morgan fingerprint density at radius 2 is 1.01 bits per heavy atom. The number of allylic oxidation sites excluding steroid dienone is 1. The normalized spacial score (nSPS) is 9.53. The summed E-state index contributed by atoms with van der Waals surface area (Å²) in [6, 6.07) is 54.0. The van der Waals surface area contributed by atoms with Crippen molar-refractivity contribution in [3.8, 4) is 33.8 Å². The predicted octanol–water partition coefficient (Wildman–Crippen LogP) is 12.9. The number of nitrogens with zero attached hydrogens (tertiary/aromatic N) is 2. The van der Waals surface area contributed by atoms with Gasteiger partial charge < -0.3 is 9.84 Å². The van der Waals surface area contributed by atoms with Crippen LogP contribution in [0, 0.1) is 4.64 Å². The lowest BCUT2D eigenvalue weighted by Crippen LogP contribution is -2.06. The highest BCUT2D eigenvalue weighted by atomic mass is 127. The van der Waals surface area contributed by atoms with Crippen LogP contribution < -0.4 is 11.7 Å². The molecular weight excluding hydrogens is 1130 g/mol. The van der Waals surface area contributed by atoms with Crippen molar-refractivity contribution in [3.05, 3.63) is 196 Å². The largest absolute Gasteiger partial charge is 0.481 e. The van der Waals surface area contributed by atoms with Crippen LogP contribution in [0.5, 0.6) is 0 Å². The number of hydrazine groups is 1. The molecule has 0 aliphatic rings. The van der Waals surface area contributed by atoms with Crippen molar-refractivity contribution in [1.82, 2.24) is 30.6 Å². The number of ketones is 2. The summed E-state index contributed by atoms with van der Waals surface area (Å²) in [6.07, 6.45) is 5.63. The van der Waals surface area contributed by atoms with Crippen LogP contribution in [0.4, 0.5) is 0 Å². The minimum atomic E-state index is -0.839. The van der Waals surface area contributed by atoms with E-state index in [-0.39, 0.29) is 29.0 Å². The van der Waals surface area contributed by atoms with Crippen LogP contribution in [0.3, 0.4) is 0 Å². The van der Waals surface area contributed by atoms with Gasteiger partial charge in [-0.1, -0.05) is 210 Å². The number of rotatable bonds is 15. The van der Waals surface area contributed by atoms with Gasteiger partial charge in [0.1, 0.15) is 14.7 Å². The highest BCUT2D eigenvalue weighted by Crippen LogP contribution is 2.25. The van der Waals surface area contributed by atoms with Crippen LogP contribution in [0.15, 0.2) is 190 Å². The Hall–Kier alpha value is -5.98. The van der Waals surface area contributed by atoms with Gasteiger partial charge in [-0.2, -0.15) is 10.2 Å². The number of nitrogens with two attached hydrogens (primary N) is 2. The maximum Gasteiger partial charge on any atom is 0.316 e. The molecule has 0 unspecified atom stereocenters. The highest BCUT2D eigenvalue weighted by Gasteiger charge is 2.09. The maximum absolute atomic E-state index is 11.7. The molecule has 0 spiro atoms. The molecule has 8 aromatic rings. The first-order valence-corrected chi connectivity index (χ1v) is 28.8. The third kappa shape index (κ3) is 26.0. The summed E-state index contributed by atoms with van der Waals surface area (Å²) in [7, 11) is 0. The number of halogens is 1. The molecule has 3 heterocycles. The van der Waals surface area contributed by atoms with Gasteiger partial charge in [-0.25, -0.2) is 0 Å². The fourth-order valence-electron chi connectivity index (χ4n) is 5.53. The number of aromatic amines is 4. The molecule has 0 aliphatic carbocycles. The molecule has 8 rings (SSSR count). The number of nitrogens with one attached hydrogen (secondary N) is 4. The third-order valence-electron chi connectivity index (χ3n) is 8.84. The second-order valence-corrected chi connectivity index (χ2v) is 18.2. The molecule has 0 aliphatic heterocycles. The Bertz CT molecular complexity index is 2850. The molecule has 0 saturated heterocycles. The van der Waals surface area contributed by atoms with Crippen molar-refractivity contribution >= 4 is 105 Å². The fourth-order valence-corrected chi connectivity index (χ4v) is 8.06. The summed E-state index contributed by atoms with van der Waals surface area (Å²) in [4.78, 5) is 45.9. The van der Waals surface area contributed by atoms with Gasteiger partial charge in [0.05, 0.1) is 35.2 Å². The van der Waals surface area contributed by atoms with Gasteiger partial charge in [-0.15, -0.1) is 23.5 Å². The number of aromatic nitrogens is 6. The molecule has 9 N–H and O–H groups in total. The van der Waals surface area contributed by atoms with Crippen LogP contribution >= 0.6 is 81.9 Å². The Morgan fingerprint density at radius 1 is 0.616 bits per heavy atom. The number of H-pyrrole nitrogens is 4. The first kappa shape index (κ1) is 63.1. The third-order valence-corrected chi connectivity index (χ3v) is 12.9. The van der Waals surface area contributed by atoms with E-state index in [0.717, 1.165) is 58.8 Å². The molecule has 0 atom stereocenters. The van der Waals surface area contributed by atoms with Crippen molar-refractivity contribution in [2.24, 2.45) is 11.7 Å². The second-order valence-electron chi connectivity index (χ2n) is 13.8. The highest BCUT2D eigenvalue weighted by molar-refractivity contribution is 14.1. The minimum absolute atomic E-state index is 0.0269. The second kappa shape index (κ2) is 38.6. The van der Waals surface area contributed by atoms with Crippen molar-refractivity contribution in [2.75, 3.05) is 35.6 Å². The average Bonchev–Trinajstić information content (AvgIpc) is 4.25. The summed E-state index contributed by atoms with van der Waals surface area (Å²) in [5.74, 6) is 7.45. The van der Waals surface area contributed by atoms with Crippen molar-refractivity contribution < 1.29 is 29.0 Å². The topological polar surface area (TPSA) is 239 Å². The number of carboxylic acids is 1. The number of Topliss-reactive ketones (excluding diaryl/α,β-unsaturated/α-hetero) is 1. The van der Waals surface area contributed by atoms with E-state index >= 15 is 0 Å². The Morgan fingerprint density at radius 3 is 1.37 bits per heavy atom. The predicted molar refractivity (Wildman–Crippen MR) is 316 cm³/mol. The number of alkyl halides is 1. The SMILES string of the molecule is CC(=O)c1ccccc1.CCOC(=O)CSc1cc(-c2ccccc2)[nH]n1.CI.CSC(=CC(=O)c1ccccc1)SC.NN.O=C(O)CSc1cc(-c2ccccc2)[nH]n1.S=c1cc(-c2ccccc2)[nH][nH]1. The van der Waals surface area contributed by atoms with Crippen molar-refractivity contribution in [2.45, 2.75) is 23.9 Å². The van der Waals surface area contributed by atoms with Crippen LogP contribution in [0.2, 0.25) is 0 Å². The Labute approximate surface area is 462 Å². The van der Waals surface area contributed by atoms with Gasteiger partial charge in [0.15, 0.2) is 11.6 Å². The van der Waals surface area contributed by atoms with Crippen LogP contribution in [0.25, 0.3) is 33.8 Å². The first-order chi connectivity index (χ1) is 35.5. The number of hydrogen-bond acceptors (Lipinski definition) is 14. The van der Waals surface area contributed by atoms with Gasteiger partial charge in [-0.3, -0.25) is 51.3 Å². The fraction of sp³-hybridized carbons (Fsp3) is 0.151. The standard InChI is InChI=1S/C13H14N2O2S.C11H10N2O2S.C11H12OS2.C9H8N2S.C8H8O.CH3I.H4N2/c1-2-17-13(16)9-18-12-8-11(14-15-12)10-6-4-3-5-7-10;14-11(15)7-16-10-6-9(12-13-10)8-4-2-1-3-5-8;1-13-11(14-2)8-10(12)9-6-4-3-5-7-9;12-9-6-8(10-11-9)7-4-2-1-3-5-7;1-7(9)8-5-3-2-4-6-8;2*1-2/h3-8H,2,9H2,1H3,(H,14,15);1-6H,7H2,(H,12,13)(H,14,15);3-8H,1-2H3;1-6H,(H2,10,11,12);2-6H,1H3;1H3;1-2H2. The van der Waals surface area contributed by atoms with Gasteiger partial charge in [0.25, 0.3) is 0 Å². The van der Waals surface area contributed by atoms with Gasteiger partial charge in [0, 0.05) is 21.4 Å². The van der Waals surface area contributed by atoms with Crippen molar-refractivity contribution in [3.63, 3.8) is 0 Å². The molecule has 3 aromatic heterocycles. The van der Waals surface area contributed by atoms with Crippen molar-refractivity contribution in [1.29, 1.82) is 0 Å². The number of benzene rings is 5. The number of carboxylic acid groups (broad SMARTS) is 1. The maximum atomic E-state index is 11.7. The lowest BCUT2D eigenvalue weighted by Gasteiger charge is -1.98. The van der Waals surface area contributed by atoms with E-state index in [1.165, 1.54) is 23.5 Å². The molecule has 384 valence electrons. The molecule has 14 nitrogen and oxygen atoms in total. The monoisotopic (exact) mass is 1190 g/mol. The number of esters is 1. The molecular formula is C53H59IN8O6S5. The summed E-state index contributed by atoms with van der Waals surface area (Å²) in [5, 5.41) is 29.9. The molecule has 0 saturated carbocycles. The molecule has 73 heavy (non-hydrogen) atoms. The summed E-state index contributed by atoms with van der Waals surface area (Å²) < 4.78 is 6.63. The van der Waals surface area contributed by atoms with E-state index in [9.17, 15) is 19.2 Å². The number of thioether (sulfide) groups is 4. The van der Waals surface area contributed by atoms with Crippen LogP contribution in [-0.4, -0.2) is 94.8 Å². The number of carbonyl (C=O) groups is 4. The smallest absolute Gasteiger partial charge is 0.316 e. The van der Waals surface area contributed by atoms with E-state index in [4.69, 9.17) is 22.1 Å². The van der Waals surface area contributed by atoms with Crippen LogP contribution in [0.1, 0.15) is 34.6 Å². The summed E-state index contributed by atoms with van der Waals surface area (Å²) >= 11 is 12.9. The van der Waals surface area contributed by atoms with E-state index in [1.54, 1.807) is 43.4 Å². The van der Waals surface area contributed by atoms with E-state index in [0.29, 0.717) is 11.6 Å². The number of carbonyl (C=O) groups excluding carboxylic acids is 3. The number of aliphatic carboxylic acids is 1. The lowest BCUT2D eigenvalue weighted by molar-refractivity contribution is -0.140. The number of ether oxygens (including phenoxy) is 1. The van der Waals surface area contributed by atoms with E-state index in [2.05, 4.69) is 64.9 Å². The van der Waals surface area contributed by atoms with Gasteiger partial charge >= 0.3 is 11.9 Å². The quantitative estimate of drug-likeness (QED) is 0.00581. The summed E-state index contributed by atoms with van der Waals surface area (Å²) in [6.45, 7) is 3.77. The minimum Gasteiger partial charge on any atom is -0.481 e. The van der Waals surface area contributed by atoms with Gasteiger partial charge in [0.2, 0.25) is 0 Å². The van der Waals surface area contributed by atoms with Crippen LogP contribution in [-0.2, 0) is 14.3 Å². The zero-order valence-electron chi connectivity index (χ0n) is 40.8. The van der Waals surface area contributed by atoms with E-state index < -0.39 is 5.97 Å². The molecule has 5 aromatic carbocycles. The molecule has 0 fully saturated rings. The Kier molecular flexibility index (Phi) is 33.4. The summed E-state index contributed by atoms with van der Waals surface area (Å²) in [5.41, 5.74) is 7.65. The zero-order valence-corrected chi connectivity index (χ0v) is 47.1. The lowest BCUT2D eigenvalue weighted by atomic mass is 10.1. The van der Waals surface area contributed by atoms with Gasteiger partial charge in [-0.05, 0) is 66.2 Å². The average molecular weight is 1190 g/mol. The Balaban J connectivity index is 0.000000312. The first-order valence-electron chi connectivity index (χ1n) is 21.8. The molecule has 0 radical (unpaired) electrons. The molecule has 0 bridgehead atoms.